The van der Waals surface area contributed by atoms with E-state index in [1.807, 2.05) is 13.8 Å². The second-order valence-electron chi connectivity index (χ2n) is 4.02. The lowest BCUT2D eigenvalue weighted by Gasteiger charge is -2.17. The molecular weight excluding hydrogens is 220 g/mol. The van der Waals surface area contributed by atoms with Crippen LogP contribution in [0, 0.1) is 12.8 Å². The van der Waals surface area contributed by atoms with Gasteiger partial charge in [-0.3, -0.25) is 4.79 Å². The van der Waals surface area contributed by atoms with E-state index in [9.17, 15) is 4.79 Å². The number of rotatable bonds is 5. The van der Waals surface area contributed by atoms with Gasteiger partial charge in [0.2, 0.25) is 5.91 Å². The molecule has 0 aromatic carbocycles. The molecule has 1 amide bonds. The van der Waals surface area contributed by atoms with Gasteiger partial charge < -0.3 is 11.1 Å². The molecule has 3 nitrogen and oxygen atoms in total. The highest BCUT2D eigenvalue weighted by molar-refractivity contribution is 7.12. The number of hydrogen-bond donors (Lipinski definition) is 2. The van der Waals surface area contributed by atoms with E-state index in [2.05, 4.69) is 24.4 Å². The van der Waals surface area contributed by atoms with E-state index in [1.54, 1.807) is 11.3 Å². The fourth-order valence-corrected chi connectivity index (χ4v) is 2.43. The molecule has 2 unspecified atom stereocenters. The Bertz CT molecular complexity index is 345. The molecule has 1 heterocycles. The zero-order chi connectivity index (χ0) is 12.1. The van der Waals surface area contributed by atoms with Gasteiger partial charge in [0.25, 0.3) is 0 Å². The van der Waals surface area contributed by atoms with Crippen molar-refractivity contribution in [3.05, 3.63) is 21.9 Å². The first-order valence-electron chi connectivity index (χ1n) is 5.65. The van der Waals surface area contributed by atoms with Crippen LogP contribution in [0.5, 0.6) is 0 Å². The van der Waals surface area contributed by atoms with Crippen molar-refractivity contribution in [1.29, 1.82) is 0 Å². The van der Waals surface area contributed by atoms with Crippen molar-refractivity contribution in [2.24, 2.45) is 11.7 Å². The summed E-state index contributed by atoms with van der Waals surface area (Å²) in [5, 5.41) is 3.00. The van der Waals surface area contributed by atoms with Gasteiger partial charge in [-0.05, 0) is 32.4 Å². The molecule has 1 aromatic rings. The third-order valence-corrected chi connectivity index (χ3v) is 3.88. The molecule has 2 atom stereocenters. The van der Waals surface area contributed by atoms with Gasteiger partial charge in [-0.25, -0.2) is 0 Å². The third-order valence-electron chi connectivity index (χ3n) is 2.69. The first-order chi connectivity index (χ1) is 7.58. The molecule has 0 fully saturated rings. The number of thiophene rings is 1. The van der Waals surface area contributed by atoms with Crippen molar-refractivity contribution in [2.75, 3.05) is 6.54 Å². The van der Waals surface area contributed by atoms with E-state index >= 15 is 0 Å². The minimum Gasteiger partial charge on any atom is -0.348 e. The van der Waals surface area contributed by atoms with Crippen LogP contribution in [0.15, 0.2) is 12.1 Å². The normalized spacial score (nSPS) is 14.5. The fourth-order valence-electron chi connectivity index (χ4n) is 1.55. The van der Waals surface area contributed by atoms with Crippen LogP contribution in [-0.2, 0) is 4.79 Å². The smallest absolute Gasteiger partial charge is 0.224 e. The molecule has 0 aliphatic heterocycles. The van der Waals surface area contributed by atoms with Crippen molar-refractivity contribution < 1.29 is 4.79 Å². The van der Waals surface area contributed by atoms with Crippen LogP contribution in [0.3, 0.4) is 0 Å². The second kappa shape index (κ2) is 6.01. The first kappa shape index (κ1) is 13.2. The molecule has 1 aromatic heterocycles. The highest BCUT2D eigenvalue weighted by Gasteiger charge is 2.17. The molecule has 16 heavy (non-hydrogen) atoms. The summed E-state index contributed by atoms with van der Waals surface area (Å²) in [6, 6.07) is 4.21. The second-order valence-corrected chi connectivity index (χ2v) is 5.34. The number of nitrogens with two attached hydrogens (primary N) is 1. The van der Waals surface area contributed by atoms with E-state index in [0.29, 0.717) is 6.54 Å². The average Bonchev–Trinajstić information content (AvgIpc) is 2.66. The number of carbonyl (C=O) groups excluding carboxylic acids is 1. The molecule has 90 valence electrons. The topological polar surface area (TPSA) is 55.1 Å². The summed E-state index contributed by atoms with van der Waals surface area (Å²) in [6.45, 7) is 6.47. The fraction of sp³-hybridized carbons (Fsp3) is 0.583. The van der Waals surface area contributed by atoms with Crippen molar-refractivity contribution in [3.63, 3.8) is 0 Å². The van der Waals surface area contributed by atoms with Gasteiger partial charge in [0.05, 0.1) is 6.04 Å². The summed E-state index contributed by atoms with van der Waals surface area (Å²) >= 11 is 1.72. The van der Waals surface area contributed by atoms with E-state index in [4.69, 9.17) is 5.73 Å². The maximum atomic E-state index is 11.8. The maximum absolute atomic E-state index is 11.8. The Labute approximate surface area is 101 Å². The van der Waals surface area contributed by atoms with Crippen LogP contribution in [0.1, 0.15) is 36.1 Å². The quantitative estimate of drug-likeness (QED) is 0.829. The molecule has 0 aliphatic rings. The van der Waals surface area contributed by atoms with E-state index in [-0.39, 0.29) is 17.9 Å². The van der Waals surface area contributed by atoms with Crippen LogP contribution >= 0.6 is 11.3 Å². The monoisotopic (exact) mass is 240 g/mol. The van der Waals surface area contributed by atoms with Gasteiger partial charge in [0, 0.05) is 22.2 Å². The SMILES string of the molecule is CCC(CN)C(=O)NC(C)c1ccc(C)s1. The van der Waals surface area contributed by atoms with Gasteiger partial charge in [0.15, 0.2) is 0 Å². The van der Waals surface area contributed by atoms with Crippen LogP contribution in [0.25, 0.3) is 0 Å². The zero-order valence-electron chi connectivity index (χ0n) is 10.1. The van der Waals surface area contributed by atoms with Gasteiger partial charge in [-0.1, -0.05) is 6.92 Å². The highest BCUT2D eigenvalue weighted by Crippen LogP contribution is 2.22. The predicted molar refractivity (Wildman–Crippen MR) is 68.4 cm³/mol. The van der Waals surface area contributed by atoms with Crippen LogP contribution in [0.4, 0.5) is 0 Å². The maximum Gasteiger partial charge on any atom is 0.224 e. The zero-order valence-corrected chi connectivity index (χ0v) is 10.9. The molecule has 1 rings (SSSR count). The number of carbonyl (C=O) groups is 1. The summed E-state index contributed by atoms with van der Waals surface area (Å²) in [6.07, 6.45) is 0.790. The third kappa shape index (κ3) is 3.32. The van der Waals surface area contributed by atoms with Gasteiger partial charge in [-0.2, -0.15) is 0 Å². The molecule has 0 aliphatic carbocycles. The summed E-state index contributed by atoms with van der Waals surface area (Å²) in [5.74, 6) is -0.00735. The Morgan fingerprint density at radius 3 is 2.69 bits per heavy atom. The number of nitrogens with one attached hydrogen (secondary N) is 1. The lowest BCUT2D eigenvalue weighted by molar-refractivity contribution is -0.125. The Kier molecular flexibility index (Phi) is 4.96. The standard InChI is InChI=1S/C12H20N2OS/c1-4-10(7-13)12(15)14-9(3)11-6-5-8(2)16-11/h5-6,9-10H,4,7,13H2,1-3H3,(H,14,15). The van der Waals surface area contributed by atoms with Crippen LogP contribution in [-0.4, -0.2) is 12.5 Å². The summed E-state index contributed by atoms with van der Waals surface area (Å²) in [4.78, 5) is 14.3. The number of amides is 1. The first-order valence-corrected chi connectivity index (χ1v) is 6.46. The molecular formula is C12H20N2OS. The minimum atomic E-state index is -0.0662. The molecule has 3 N–H and O–H groups in total. The van der Waals surface area contributed by atoms with E-state index in [0.717, 1.165) is 6.42 Å². The number of aryl methyl sites for hydroxylation is 1. The summed E-state index contributed by atoms with van der Waals surface area (Å²) in [7, 11) is 0. The Morgan fingerprint density at radius 1 is 1.56 bits per heavy atom. The van der Waals surface area contributed by atoms with E-state index in [1.165, 1.54) is 9.75 Å². The predicted octanol–water partition coefficient (Wildman–Crippen LogP) is 2.22. The Morgan fingerprint density at radius 2 is 2.25 bits per heavy atom. The largest absolute Gasteiger partial charge is 0.348 e. The number of hydrogen-bond acceptors (Lipinski definition) is 3. The Balaban J connectivity index is 2.57. The van der Waals surface area contributed by atoms with Crippen molar-refractivity contribution in [3.8, 4) is 0 Å². The van der Waals surface area contributed by atoms with E-state index < -0.39 is 0 Å². The highest BCUT2D eigenvalue weighted by atomic mass is 32.1. The van der Waals surface area contributed by atoms with Gasteiger partial charge >= 0.3 is 0 Å². The minimum absolute atomic E-state index is 0.0588. The molecule has 0 radical (unpaired) electrons. The molecule has 0 saturated heterocycles. The summed E-state index contributed by atoms with van der Waals surface area (Å²) < 4.78 is 0. The van der Waals surface area contributed by atoms with Gasteiger partial charge in [0.1, 0.15) is 0 Å². The van der Waals surface area contributed by atoms with Crippen LogP contribution in [0.2, 0.25) is 0 Å². The molecule has 0 saturated carbocycles. The Hall–Kier alpha value is -0.870. The summed E-state index contributed by atoms with van der Waals surface area (Å²) in [5.41, 5.74) is 5.54. The lowest BCUT2D eigenvalue weighted by Crippen LogP contribution is -2.35. The lowest BCUT2D eigenvalue weighted by atomic mass is 10.1. The molecule has 0 bridgehead atoms. The van der Waals surface area contributed by atoms with Crippen molar-refractivity contribution >= 4 is 17.2 Å². The van der Waals surface area contributed by atoms with Crippen molar-refractivity contribution in [2.45, 2.75) is 33.2 Å². The molecule has 0 spiro atoms. The van der Waals surface area contributed by atoms with Gasteiger partial charge in [-0.15, -0.1) is 11.3 Å². The molecule has 4 heteroatoms. The van der Waals surface area contributed by atoms with Crippen molar-refractivity contribution in [1.82, 2.24) is 5.32 Å². The van der Waals surface area contributed by atoms with Crippen LogP contribution < -0.4 is 11.1 Å². The average molecular weight is 240 g/mol.